The first kappa shape index (κ1) is 13.3. The van der Waals surface area contributed by atoms with Gasteiger partial charge in [0.25, 0.3) is 10.0 Å². The van der Waals surface area contributed by atoms with Crippen LogP contribution in [0.5, 0.6) is 0 Å². The Balaban J connectivity index is 2.40. The molecular weight excluding hydrogens is 281 g/mol. The third-order valence-corrected chi connectivity index (χ3v) is 3.58. The number of aromatic nitrogens is 1. The summed E-state index contributed by atoms with van der Waals surface area (Å²) < 4.78 is 64.6. The lowest BCUT2D eigenvalue weighted by atomic mass is 10.4. The van der Waals surface area contributed by atoms with Gasteiger partial charge in [-0.25, -0.2) is 12.8 Å². The molecule has 8 heteroatoms. The minimum atomic E-state index is -4.31. The molecule has 0 saturated heterocycles. The standard InChI is InChI=1S/C11H7F3N2O2S/c12-7-3-1-2-4-9(7)19(17,18)16-8-5-6-10(13)15-11(8)14/h1-6,16H. The van der Waals surface area contributed by atoms with E-state index in [9.17, 15) is 21.6 Å². The minimum Gasteiger partial charge on any atom is -0.275 e. The highest BCUT2D eigenvalue weighted by Crippen LogP contribution is 2.20. The van der Waals surface area contributed by atoms with Crippen LogP contribution in [-0.2, 0) is 10.0 Å². The summed E-state index contributed by atoms with van der Waals surface area (Å²) in [5.74, 6) is -3.41. The zero-order valence-electron chi connectivity index (χ0n) is 9.27. The van der Waals surface area contributed by atoms with Crippen LogP contribution < -0.4 is 4.72 Å². The number of benzene rings is 1. The first-order valence-corrected chi connectivity index (χ1v) is 6.48. The molecule has 0 radical (unpaired) electrons. The van der Waals surface area contributed by atoms with Crippen LogP contribution in [0.25, 0.3) is 0 Å². The lowest BCUT2D eigenvalue weighted by molar-refractivity contribution is 0.515. The average Bonchev–Trinajstić information content (AvgIpc) is 2.33. The van der Waals surface area contributed by atoms with Crippen LogP contribution in [0.1, 0.15) is 0 Å². The highest BCUT2D eigenvalue weighted by atomic mass is 32.2. The number of halogens is 3. The largest absolute Gasteiger partial charge is 0.275 e. The number of hydrogen-bond acceptors (Lipinski definition) is 3. The van der Waals surface area contributed by atoms with Gasteiger partial charge in [-0.2, -0.15) is 13.8 Å². The van der Waals surface area contributed by atoms with Crippen molar-refractivity contribution in [3.8, 4) is 0 Å². The molecule has 0 bridgehead atoms. The first-order valence-electron chi connectivity index (χ1n) is 4.99. The molecule has 0 aliphatic rings. The van der Waals surface area contributed by atoms with E-state index in [0.717, 1.165) is 24.3 Å². The molecule has 1 aromatic carbocycles. The number of nitrogens with one attached hydrogen (secondary N) is 1. The molecule has 1 N–H and O–H groups in total. The molecule has 1 heterocycles. The minimum absolute atomic E-state index is 0.565. The number of pyridine rings is 1. The summed E-state index contributed by atoms with van der Waals surface area (Å²) in [7, 11) is -4.31. The summed E-state index contributed by atoms with van der Waals surface area (Å²) in [5.41, 5.74) is -0.565. The van der Waals surface area contributed by atoms with Crippen molar-refractivity contribution in [1.82, 2.24) is 4.98 Å². The second kappa shape index (κ2) is 4.88. The fourth-order valence-corrected chi connectivity index (χ4v) is 2.48. The van der Waals surface area contributed by atoms with Gasteiger partial charge in [-0.15, -0.1) is 0 Å². The van der Waals surface area contributed by atoms with E-state index in [-0.39, 0.29) is 0 Å². The fraction of sp³-hybridized carbons (Fsp3) is 0. The topological polar surface area (TPSA) is 59.1 Å². The van der Waals surface area contributed by atoms with Gasteiger partial charge < -0.3 is 0 Å². The Morgan fingerprint density at radius 3 is 2.32 bits per heavy atom. The average molecular weight is 288 g/mol. The summed E-state index contributed by atoms with van der Waals surface area (Å²) in [4.78, 5) is 2.18. The fourth-order valence-electron chi connectivity index (χ4n) is 1.35. The molecule has 0 saturated carbocycles. The van der Waals surface area contributed by atoms with E-state index in [4.69, 9.17) is 0 Å². The van der Waals surface area contributed by atoms with Crippen molar-refractivity contribution >= 4 is 15.7 Å². The summed E-state index contributed by atoms with van der Waals surface area (Å²) in [6, 6.07) is 6.24. The van der Waals surface area contributed by atoms with E-state index >= 15 is 0 Å². The van der Waals surface area contributed by atoms with Crippen LogP contribution in [-0.4, -0.2) is 13.4 Å². The Morgan fingerprint density at radius 2 is 1.68 bits per heavy atom. The van der Waals surface area contributed by atoms with Crippen molar-refractivity contribution in [3.05, 3.63) is 54.1 Å². The molecule has 19 heavy (non-hydrogen) atoms. The molecule has 100 valence electrons. The van der Waals surface area contributed by atoms with Gasteiger partial charge in [-0.05, 0) is 24.3 Å². The maximum atomic E-state index is 13.4. The number of hydrogen-bond donors (Lipinski definition) is 1. The normalized spacial score (nSPS) is 11.3. The van der Waals surface area contributed by atoms with Gasteiger partial charge in [0, 0.05) is 0 Å². The van der Waals surface area contributed by atoms with Gasteiger partial charge in [0.2, 0.25) is 11.9 Å². The highest BCUT2D eigenvalue weighted by Gasteiger charge is 2.20. The Labute approximate surface area is 107 Å². The Hall–Kier alpha value is -2.09. The summed E-state index contributed by atoms with van der Waals surface area (Å²) in [5, 5.41) is 0. The van der Waals surface area contributed by atoms with Crippen LogP contribution in [0.2, 0.25) is 0 Å². The predicted octanol–water partition coefficient (Wildman–Crippen LogP) is 2.30. The van der Waals surface area contributed by atoms with Crippen LogP contribution in [0.15, 0.2) is 41.3 Å². The van der Waals surface area contributed by atoms with E-state index in [1.54, 1.807) is 4.72 Å². The van der Waals surface area contributed by atoms with Crippen molar-refractivity contribution in [1.29, 1.82) is 0 Å². The zero-order valence-corrected chi connectivity index (χ0v) is 10.1. The predicted molar refractivity (Wildman–Crippen MR) is 61.4 cm³/mol. The summed E-state index contributed by atoms with van der Waals surface area (Å²) in [6.45, 7) is 0. The van der Waals surface area contributed by atoms with E-state index in [1.807, 2.05) is 0 Å². The third kappa shape index (κ3) is 2.84. The lowest BCUT2D eigenvalue weighted by Gasteiger charge is -2.08. The maximum absolute atomic E-state index is 13.4. The molecule has 0 fully saturated rings. The summed E-state index contributed by atoms with van der Waals surface area (Å²) in [6.07, 6.45) is 0. The SMILES string of the molecule is O=S(=O)(Nc1ccc(F)nc1F)c1ccccc1F. The van der Waals surface area contributed by atoms with Crippen molar-refractivity contribution in [2.45, 2.75) is 4.90 Å². The van der Waals surface area contributed by atoms with Gasteiger partial charge in [0.15, 0.2) is 0 Å². The second-order valence-electron chi connectivity index (χ2n) is 3.51. The maximum Gasteiger partial charge on any atom is 0.264 e. The molecule has 0 aliphatic carbocycles. The van der Waals surface area contributed by atoms with Gasteiger partial charge in [0.05, 0.1) is 0 Å². The molecule has 0 unspecified atom stereocenters. The van der Waals surface area contributed by atoms with Gasteiger partial charge >= 0.3 is 0 Å². The van der Waals surface area contributed by atoms with E-state index < -0.39 is 38.3 Å². The Bertz CT molecular complexity index is 720. The quantitative estimate of drug-likeness (QED) is 0.882. The molecular formula is C11H7F3N2O2S. The van der Waals surface area contributed by atoms with E-state index in [1.165, 1.54) is 12.1 Å². The van der Waals surface area contributed by atoms with Crippen molar-refractivity contribution in [2.75, 3.05) is 4.72 Å². The van der Waals surface area contributed by atoms with Crippen LogP contribution in [0, 0.1) is 17.7 Å². The number of sulfonamides is 1. The number of nitrogens with zero attached hydrogens (tertiary/aromatic N) is 1. The van der Waals surface area contributed by atoms with E-state index in [2.05, 4.69) is 4.98 Å². The van der Waals surface area contributed by atoms with Gasteiger partial charge in [-0.1, -0.05) is 12.1 Å². The van der Waals surface area contributed by atoms with Crippen LogP contribution in [0.4, 0.5) is 18.9 Å². The molecule has 0 amide bonds. The third-order valence-electron chi connectivity index (χ3n) is 2.19. The Kier molecular flexibility index (Phi) is 3.43. The molecule has 0 atom stereocenters. The molecule has 0 spiro atoms. The number of anilines is 1. The molecule has 2 aromatic rings. The summed E-state index contributed by atoms with van der Waals surface area (Å²) >= 11 is 0. The van der Waals surface area contributed by atoms with Gasteiger partial charge in [0.1, 0.15) is 16.4 Å². The van der Waals surface area contributed by atoms with Crippen molar-refractivity contribution in [2.24, 2.45) is 0 Å². The molecule has 2 rings (SSSR count). The zero-order chi connectivity index (χ0) is 14.0. The number of rotatable bonds is 3. The van der Waals surface area contributed by atoms with Gasteiger partial charge in [-0.3, -0.25) is 4.72 Å². The molecule has 1 aromatic heterocycles. The molecule has 4 nitrogen and oxygen atoms in total. The first-order chi connectivity index (χ1) is 8.90. The monoisotopic (exact) mass is 288 g/mol. The van der Waals surface area contributed by atoms with Crippen molar-refractivity contribution < 1.29 is 21.6 Å². The second-order valence-corrected chi connectivity index (χ2v) is 5.16. The van der Waals surface area contributed by atoms with Crippen molar-refractivity contribution in [3.63, 3.8) is 0 Å². The van der Waals surface area contributed by atoms with Crippen LogP contribution in [0.3, 0.4) is 0 Å². The van der Waals surface area contributed by atoms with E-state index in [0.29, 0.717) is 0 Å². The Morgan fingerprint density at radius 1 is 1.00 bits per heavy atom. The molecule has 0 aliphatic heterocycles. The van der Waals surface area contributed by atoms with Crippen LogP contribution >= 0.6 is 0 Å². The lowest BCUT2D eigenvalue weighted by Crippen LogP contribution is -2.16. The smallest absolute Gasteiger partial charge is 0.264 e. The highest BCUT2D eigenvalue weighted by molar-refractivity contribution is 7.92.